The summed E-state index contributed by atoms with van der Waals surface area (Å²) in [6.45, 7) is 4.10. The zero-order valence-corrected chi connectivity index (χ0v) is 15.2. The van der Waals surface area contributed by atoms with Gasteiger partial charge in [-0.25, -0.2) is 4.79 Å². The van der Waals surface area contributed by atoms with Gasteiger partial charge in [0.25, 0.3) is 5.91 Å². The van der Waals surface area contributed by atoms with Crippen LogP contribution in [0.4, 0.5) is 0 Å². The Morgan fingerprint density at radius 1 is 1.11 bits per heavy atom. The van der Waals surface area contributed by atoms with Gasteiger partial charge in [-0.3, -0.25) is 4.79 Å². The Morgan fingerprint density at radius 3 is 2.59 bits per heavy atom. The number of benzene rings is 2. The number of rotatable bonds is 7. The van der Waals surface area contributed by atoms with Crippen molar-refractivity contribution < 1.29 is 28.5 Å². The molecule has 0 aromatic heterocycles. The van der Waals surface area contributed by atoms with Crippen LogP contribution in [-0.4, -0.2) is 31.9 Å². The van der Waals surface area contributed by atoms with Crippen LogP contribution in [0.5, 0.6) is 17.2 Å². The van der Waals surface area contributed by atoms with Crippen molar-refractivity contribution in [1.29, 1.82) is 0 Å². The van der Waals surface area contributed by atoms with Crippen LogP contribution in [-0.2, 0) is 9.53 Å². The first-order chi connectivity index (χ1) is 13.1. The summed E-state index contributed by atoms with van der Waals surface area (Å²) < 4.78 is 21.0. The lowest BCUT2D eigenvalue weighted by Crippen LogP contribution is -2.31. The zero-order valence-electron chi connectivity index (χ0n) is 15.2. The van der Waals surface area contributed by atoms with Crippen LogP contribution in [0.25, 0.3) is 0 Å². The first-order valence-electron chi connectivity index (χ1n) is 8.65. The predicted octanol–water partition coefficient (Wildman–Crippen LogP) is 2.85. The minimum Gasteiger partial charge on any atom is -0.494 e. The molecule has 2 aromatic carbocycles. The maximum Gasteiger partial charge on any atom is 0.338 e. The van der Waals surface area contributed by atoms with E-state index in [1.807, 2.05) is 26.0 Å². The highest BCUT2D eigenvalue weighted by Crippen LogP contribution is 2.34. The van der Waals surface area contributed by atoms with Gasteiger partial charge < -0.3 is 24.3 Å². The molecule has 7 nitrogen and oxygen atoms in total. The summed E-state index contributed by atoms with van der Waals surface area (Å²) in [5.41, 5.74) is 1.22. The first-order valence-corrected chi connectivity index (χ1v) is 8.65. The van der Waals surface area contributed by atoms with Crippen LogP contribution in [0.1, 0.15) is 35.8 Å². The summed E-state index contributed by atoms with van der Waals surface area (Å²) in [5, 5.41) is 2.79. The molecule has 0 spiro atoms. The van der Waals surface area contributed by atoms with Crippen LogP contribution in [0.3, 0.4) is 0 Å². The Balaban J connectivity index is 1.49. The van der Waals surface area contributed by atoms with Crippen LogP contribution in [0, 0.1) is 0 Å². The fourth-order valence-corrected chi connectivity index (χ4v) is 2.62. The van der Waals surface area contributed by atoms with Gasteiger partial charge in [0, 0.05) is 0 Å². The van der Waals surface area contributed by atoms with Gasteiger partial charge in [0.1, 0.15) is 5.75 Å². The third kappa shape index (κ3) is 4.69. The lowest BCUT2D eigenvalue weighted by molar-refractivity contribution is -0.124. The number of nitrogens with one attached hydrogen (secondary N) is 1. The number of hydrogen-bond acceptors (Lipinski definition) is 6. The molecule has 1 atom stereocenters. The molecule has 0 bridgehead atoms. The monoisotopic (exact) mass is 371 g/mol. The summed E-state index contributed by atoms with van der Waals surface area (Å²) in [6.07, 6.45) is 0. The van der Waals surface area contributed by atoms with Gasteiger partial charge in [-0.1, -0.05) is 6.07 Å². The van der Waals surface area contributed by atoms with E-state index < -0.39 is 5.97 Å². The summed E-state index contributed by atoms with van der Waals surface area (Å²) in [6, 6.07) is 11.8. The summed E-state index contributed by atoms with van der Waals surface area (Å²) >= 11 is 0. The van der Waals surface area contributed by atoms with Crippen molar-refractivity contribution in [2.24, 2.45) is 0 Å². The van der Waals surface area contributed by atoms with Crippen LogP contribution in [0.15, 0.2) is 42.5 Å². The Kier molecular flexibility index (Phi) is 5.80. The van der Waals surface area contributed by atoms with Gasteiger partial charge in [0.15, 0.2) is 18.1 Å². The summed E-state index contributed by atoms with van der Waals surface area (Å²) in [7, 11) is 0. The number of carbonyl (C=O) groups is 2. The Hall–Kier alpha value is -3.22. The molecule has 1 heterocycles. The second-order valence-corrected chi connectivity index (χ2v) is 5.94. The van der Waals surface area contributed by atoms with Gasteiger partial charge in [0.05, 0.1) is 18.2 Å². The van der Waals surface area contributed by atoms with Gasteiger partial charge >= 0.3 is 5.97 Å². The molecule has 1 unspecified atom stereocenters. The molecule has 27 heavy (non-hydrogen) atoms. The molecular weight excluding hydrogens is 350 g/mol. The number of hydrogen-bond donors (Lipinski definition) is 1. The number of amides is 1. The molecular formula is C20H21NO6. The van der Waals surface area contributed by atoms with Crippen molar-refractivity contribution in [3.63, 3.8) is 0 Å². The fourth-order valence-electron chi connectivity index (χ4n) is 2.62. The summed E-state index contributed by atoms with van der Waals surface area (Å²) in [4.78, 5) is 24.1. The first kappa shape index (κ1) is 18.6. The quantitative estimate of drug-likeness (QED) is 0.754. The third-order valence-corrected chi connectivity index (χ3v) is 4.01. The highest BCUT2D eigenvalue weighted by Gasteiger charge is 2.17. The van der Waals surface area contributed by atoms with Gasteiger partial charge in [0.2, 0.25) is 6.79 Å². The molecule has 0 saturated carbocycles. The maximum absolute atomic E-state index is 12.1. The van der Waals surface area contributed by atoms with Crippen LogP contribution >= 0.6 is 0 Å². The minimum atomic E-state index is -0.566. The second-order valence-electron chi connectivity index (χ2n) is 5.94. The lowest BCUT2D eigenvalue weighted by Gasteiger charge is -2.15. The normalized spacial score (nSPS) is 13.0. The highest BCUT2D eigenvalue weighted by molar-refractivity contribution is 5.91. The summed E-state index contributed by atoms with van der Waals surface area (Å²) in [5.74, 6) is 1.05. The SMILES string of the molecule is CCOc1ccc(C(=O)OCC(=O)NC(C)c2ccc3c(c2)OCO3)cc1. The van der Waals surface area contributed by atoms with E-state index in [1.165, 1.54) is 0 Å². The average molecular weight is 371 g/mol. The van der Waals surface area contributed by atoms with Crippen molar-refractivity contribution in [2.45, 2.75) is 19.9 Å². The smallest absolute Gasteiger partial charge is 0.338 e. The van der Waals surface area contributed by atoms with E-state index in [0.717, 1.165) is 5.56 Å². The highest BCUT2D eigenvalue weighted by atomic mass is 16.7. The standard InChI is InChI=1S/C20H21NO6/c1-3-24-16-7-4-14(5-8-16)20(23)25-11-19(22)21-13(2)15-6-9-17-18(10-15)27-12-26-17/h4-10,13H,3,11-12H2,1-2H3,(H,21,22). The van der Waals surface area contributed by atoms with Gasteiger partial charge in [-0.2, -0.15) is 0 Å². The lowest BCUT2D eigenvalue weighted by atomic mass is 10.1. The molecule has 1 aliphatic heterocycles. The molecule has 0 aliphatic carbocycles. The molecule has 0 radical (unpaired) electrons. The molecule has 1 N–H and O–H groups in total. The molecule has 142 valence electrons. The van der Waals surface area contributed by atoms with Gasteiger partial charge in [-0.15, -0.1) is 0 Å². The molecule has 3 rings (SSSR count). The number of ether oxygens (including phenoxy) is 4. The minimum absolute atomic E-state index is 0.195. The van der Waals surface area contributed by atoms with E-state index in [0.29, 0.717) is 29.4 Å². The topological polar surface area (TPSA) is 83.1 Å². The van der Waals surface area contributed by atoms with Crippen molar-refractivity contribution in [3.8, 4) is 17.2 Å². The number of esters is 1. The van der Waals surface area contributed by atoms with E-state index in [4.69, 9.17) is 18.9 Å². The van der Waals surface area contributed by atoms with E-state index in [1.54, 1.807) is 30.3 Å². The van der Waals surface area contributed by atoms with Gasteiger partial charge in [-0.05, 0) is 55.8 Å². The molecule has 1 aliphatic rings. The Morgan fingerprint density at radius 2 is 1.85 bits per heavy atom. The van der Waals surface area contributed by atoms with Crippen molar-refractivity contribution in [2.75, 3.05) is 20.0 Å². The molecule has 2 aromatic rings. The van der Waals surface area contributed by atoms with E-state index in [2.05, 4.69) is 5.32 Å². The van der Waals surface area contributed by atoms with E-state index >= 15 is 0 Å². The number of fused-ring (bicyclic) bond motifs is 1. The number of carbonyl (C=O) groups excluding carboxylic acids is 2. The predicted molar refractivity (Wildman–Crippen MR) is 97.0 cm³/mol. The van der Waals surface area contributed by atoms with Crippen molar-refractivity contribution in [1.82, 2.24) is 5.32 Å². The molecule has 0 saturated heterocycles. The molecule has 0 fully saturated rings. The molecule has 1 amide bonds. The largest absolute Gasteiger partial charge is 0.494 e. The van der Waals surface area contributed by atoms with E-state index in [9.17, 15) is 9.59 Å². The van der Waals surface area contributed by atoms with Crippen molar-refractivity contribution in [3.05, 3.63) is 53.6 Å². The Labute approximate surface area is 157 Å². The van der Waals surface area contributed by atoms with Crippen LogP contribution < -0.4 is 19.5 Å². The van der Waals surface area contributed by atoms with E-state index in [-0.39, 0.29) is 25.3 Å². The third-order valence-electron chi connectivity index (χ3n) is 4.01. The zero-order chi connectivity index (χ0) is 19.2. The maximum atomic E-state index is 12.1. The second kappa shape index (κ2) is 8.44. The Bertz CT molecular complexity index is 818. The average Bonchev–Trinajstić information content (AvgIpc) is 3.14. The molecule has 7 heteroatoms. The van der Waals surface area contributed by atoms with Crippen molar-refractivity contribution >= 4 is 11.9 Å². The van der Waals surface area contributed by atoms with Crippen LogP contribution in [0.2, 0.25) is 0 Å². The fraction of sp³-hybridized carbons (Fsp3) is 0.300.